The first-order chi connectivity index (χ1) is 24.4. The predicted octanol–water partition coefficient (Wildman–Crippen LogP) is 6.14. The minimum atomic E-state index is -0.738. The van der Waals surface area contributed by atoms with Gasteiger partial charge < -0.3 is 10.2 Å². The van der Waals surface area contributed by atoms with Crippen LogP contribution < -0.4 is 0 Å². The average Bonchev–Trinajstić information content (AvgIpc) is 3.15. The molecule has 2 unspecified atom stereocenters. The molecule has 50 heavy (non-hydrogen) atoms. The standard InChI is InChI=1S/C42H30N2O6/c45-21-25(19-23-7-3-1-4-8-23)43-39(47)31-15-11-27-29-13-17-33-38-34(42(50)44(41(33)49)26(22-46)20-24-9-5-2-6-10-24)18-14-30(36(29)38)28-12-16-32(40(43)48)37(31)35(27)28/h1-18,25-26,45-46H,19-22H2. The lowest BCUT2D eigenvalue weighted by molar-refractivity contribution is 0.0458. The third kappa shape index (κ3) is 4.19. The fourth-order valence-electron chi connectivity index (χ4n) is 8.22. The van der Waals surface area contributed by atoms with Crippen LogP contribution in [-0.4, -0.2) is 68.9 Å². The molecule has 9 rings (SSSR count). The molecule has 0 aliphatic carbocycles. The normalized spacial score (nSPS) is 15.6. The van der Waals surface area contributed by atoms with Crippen molar-refractivity contribution in [2.24, 2.45) is 0 Å². The summed E-state index contributed by atoms with van der Waals surface area (Å²) in [6.07, 6.45) is 0.646. The summed E-state index contributed by atoms with van der Waals surface area (Å²) in [7, 11) is 0. The number of carbonyl (C=O) groups excluding carboxylic acids is 4. The van der Waals surface area contributed by atoms with Crippen LogP contribution in [0.25, 0.3) is 43.1 Å². The van der Waals surface area contributed by atoms with Crippen molar-refractivity contribution in [3.05, 3.63) is 143 Å². The zero-order valence-corrected chi connectivity index (χ0v) is 26.8. The molecule has 0 bridgehead atoms. The van der Waals surface area contributed by atoms with E-state index in [2.05, 4.69) is 0 Å². The maximum Gasteiger partial charge on any atom is 0.261 e. The van der Waals surface area contributed by atoms with E-state index in [1.807, 2.05) is 84.9 Å². The Morgan fingerprint density at radius 1 is 0.400 bits per heavy atom. The van der Waals surface area contributed by atoms with Crippen molar-refractivity contribution in [2.45, 2.75) is 24.9 Å². The van der Waals surface area contributed by atoms with E-state index in [-0.39, 0.29) is 13.2 Å². The zero-order valence-electron chi connectivity index (χ0n) is 26.8. The summed E-state index contributed by atoms with van der Waals surface area (Å²) < 4.78 is 0. The lowest BCUT2D eigenvalue weighted by Crippen LogP contribution is -2.49. The molecular formula is C42H30N2O6. The minimum Gasteiger partial charge on any atom is -0.394 e. The van der Waals surface area contributed by atoms with Gasteiger partial charge in [-0.1, -0.05) is 84.9 Å². The van der Waals surface area contributed by atoms with Gasteiger partial charge in [0.25, 0.3) is 23.6 Å². The summed E-state index contributed by atoms with van der Waals surface area (Å²) >= 11 is 0. The van der Waals surface area contributed by atoms with Gasteiger partial charge in [0, 0.05) is 33.0 Å². The number of nitrogens with zero attached hydrogens (tertiary/aromatic N) is 2. The van der Waals surface area contributed by atoms with Crippen molar-refractivity contribution in [3.63, 3.8) is 0 Å². The molecule has 2 aliphatic rings. The van der Waals surface area contributed by atoms with Crippen LogP contribution in [0.2, 0.25) is 0 Å². The van der Waals surface area contributed by atoms with E-state index in [1.165, 1.54) is 9.80 Å². The number of hydrogen-bond acceptors (Lipinski definition) is 6. The Morgan fingerprint density at radius 3 is 0.980 bits per heavy atom. The van der Waals surface area contributed by atoms with Crippen molar-refractivity contribution in [1.82, 2.24) is 9.80 Å². The summed E-state index contributed by atoms with van der Waals surface area (Å²) in [6, 6.07) is 31.9. The topological polar surface area (TPSA) is 115 Å². The van der Waals surface area contributed by atoms with Crippen LogP contribution in [-0.2, 0) is 12.8 Å². The molecule has 0 aromatic heterocycles. The molecule has 2 aliphatic heterocycles. The molecule has 244 valence electrons. The fraction of sp³-hybridized carbons (Fsp3) is 0.143. The Hall–Kier alpha value is -5.96. The highest BCUT2D eigenvalue weighted by Gasteiger charge is 2.40. The summed E-state index contributed by atoms with van der Waals surface area (Å²) in [4.78, 5) is 58.8. The second-order valence-electron chi connectivity index (χ2n) is 13.2. The molecule has 7 aromatic rings. The van der Waals surface area contributed by atoms with E-state index in [9.17, 15) is 29.4 Å². The number of aliphatic hydroxyl groups is 2. The highest BCUT2D eigenvalue weighted by Crippen LogP contribution is 2.46. The van der Waals surface area contributed by atoms with Crippen LogP contribution in [0.15, 0.2) is 109 Å². The van der Waals surface area contributed by atoms with Gasteiger partial charge in [-0.15, -0.1) is 0 Å². The third-order valence-electron chi connectivity index (χ3n) is 10.5. The summed E-state index contributed by atoms with van der Waals surface area (Å²) in [6.45, 7) is -0.748. The van der Waals surface area contributed by atoms with Gasteiger partial charge >= 0.3 is 0 Å². The number of benzene rings is 7. The molecule has 2 heterocycles. The molecule has 2 atom stereocenters. The van der Waals surface area contributed by atoms with Crippen LogP contribution >= 0.6 is 0 Å². The molecule has 8 nitrogen and oxygen atoms in total. The van der Waals surface area contributed by atoms with Crippen LogP contribution in [0, 0.1) is 0 Å². The minimum absolute atomic E-state index is 0.323. The first-order valence-corrected chi connectivity index (χ1v) is 16.7. The highest BCUT2D eigenvalue weighted by molar-refractivity contribution is 6.41. The van der Waals surface area contributed by atoms with Crippen LogP contribution in [0.5, 0.6) is 0 Å². The molecule has 0 saturated carbocycles. The molecular weight excluding hydrogens is 628 g/mol. The predicted molar refractivity (Wildman–Crippen MR) is 191 cm³/mol. The molecule has 8 heteroatoms. The lowest BCUT2D eigenvalue weighted by atomic mass is 9.82. The third-order valence-corrected chi connectivity index (χ3v) is 10.5. The van der Waals surface area contributed by atoms with E-state index in [4.69, 9.17) is 0 Å². The van der Waals surface area contributed by atoms with Gasteiger partial charge in [0.05, 0.1) is 25.3 Å². The highest BCUT2D eigenvalue weighted by atomic mass is 16.3. The number of carbonyl (C=O) groups is 4. The molecule has 0 spiro atoms. The van der Waals surface area contributed by atoms with Crippen LogP contribution in [0.4, 0.5) is 0 Å². The van der Waals surface area contributed by atoms with E-state index < -0.39 is 35.7 Å². The Morgan fingerprint density at radius 2 is 0.700 bits per heavy atom. The number of amides is 4. The zero-order chi connectivity index (χ0) is 34.3. The van der Waals surface area contributed by atoms with Crippen LogP contribution in [0.1, 0.15) is 52.6 Å². The van der Waals surface area contributed by atoms with Crippen LogP contribution in [0.3, 0.4) is 0 Å². The Balaban J connectivity index is 1.20. The fourth-order valence-corrected chi connectivity index (χ4v) is 8.22. The van der Waals surface area contributed by atoms with Gasteiger partial charge in [-0.2, -0.15) is 0 Å². The maximum absolute atomic E-state index is 14.1. The number of rotatable bonds is 8. The second-order valence-corrected chi connectivity index (χ2v) is 13.2. The van der Waals surface area contributed by atoms with E-state index in [1.54, 1.807) is 24.3 Å². The van der Waals surface area contributed by atoms with Crippen molar-refractivity contribution in [3.8, 4) is 0 Å². The largest absolute Gasteiger partial charge is 0.394 e. The van der Waals surface area contributed by atoms with E-state index >= 15 is 0 Å². The van der Waals surface area contributed by atoms with Gasteiger partial charge in [-0.05, 0) is 80.6 Å². The molecule has 2 N–H and O–H groups in total. The molecule has 0 fully saturated rings. The van der Waals surface area contributed by atoms with Gasteiger partial charge in [-0.25, -0.2) is 0 Å². The molecule has 4 amide bonds. The van der Waals surface area contributed by atoms with Crippen molar-refractivity contribution in [1.29, 1.82) is 0 Å². The summed E-state index contributed by atoms with van der Waals surface area (Å²) in [5.41, 5.74) is 3.35. The number of hydrogen-bond donors (Lipinski definition) is 2. The lowest BCUT2D eigenvalue weighted by Gasteiger charge is -2.34. The monoisotopic (exact) mass is 658 g/mol. The first kappa shape index (κ1) is 30.1. The Bertz CT molecular complexity index is 2270. The summed E-state index contributed by atoms with van der Waals surface area (Å²) in [5.74, 6) is -1.82. The van der Waals surface area contributed by atoms with Crippen molar-refractivity contribution >= 4 is 66.7 Å². The first-order valence-electron chi connectivity index (χ1n) is 16.7. The Labute approximate surface area is 286 Å². The number of imide groups is 2. The van der Waals surface area contributed by atoms with E-state index in [0.717, 1.165) is 43.4 Å². The average molecular weight is 659 g/mol. The maximum atomic E-state index is 14.1. The van der Waals surface area contributed by atoms with E-state index in [0.29, 0.717) is 45.9 Å². The van der Waals surface area contributed by atoms with Crippen molar-refractivity contribution < 1.29 is 29.4 Å². The SMILES string of the molecule is O=C1c2ccc3c4ccc5c6c(ccc(c7ccc(c2c37)C(=O)N1C(CO)Cc1ccccc1)c64)C(=O)N(C(CO)Cc1ccccc1)C5=O. The smallest absolute Gasteiger partial charge is 0.261 e. The van der Waals surface area contributed by atoms with Crippen molar-refractivity contribution in [2.75, 3.05) is 13.2 Å². The second kappa shape index (κ2) is 11.3. The number of fused-ring (bicyclic) bond motifs is 2. The number of aliphatic hydroxyl groups excluding tert-OH is 2. The van der Waals surface area contributed by atoms with Gasteiger partial charge in [0.2, 0.25) is 0 Å². The Kier molecular flexibility index (Phi) is 6.81. The summed E-state index contributed by atoms with van der Waals surface area (Å²) in [5, 5.41) is 26.6. The van der Waals surface area contributed by atoms with Gasteiger partial charge in [-0.3, -0.25) is 29.0 Å². The molecule has 0 radical (unpaired) electrons. The quantitative estimate of drug-likeness (QED) is 0.115. The van der Waals surface area contributed by atoms with Gasteiger partial charge in [0.15, 0.2) is 0 Å². The van der Waals surface area contributed by atoms with Gasteiger partial charge in [0.1, 0.15) is 0 Å². The molecule has 0 saturated heterocycles. The molecule has 7 aromatic carbocycles.